The molecule has 0 spiro atoms. The number of aryl methyl sites for hydroxylation is 2. The van der Waals surface area contributed by atoms with E-state index in [1.807, 2.05) is 49.0 Å². The molecular formula is C17H21N3O2. The lowest BCUT2D eigenvalue weighted by molar-refractivity contribution is -0.130. The number of hydrogen-bond acceptors (Lipinski definition) is 3. The molecule has 0 bridgehead atoms. The topological polar surface area (TPSA) is 56.1 Å². The van der Waals surface area contributed by atoms with Gasteiger partial charge in [-0.25, -0.2) is 4.98 Å². The Bertz CT molecular complexity index is 642. The van der Waals surface area contributed by atoms with Crippen molar-refractivity contribution in [2.45, 2.75) is 31.9 Å². The minimum absolute atomic E-state index is 0.0638. The van der Waals surface area contributed by atoms with Gasteiger partial charge in [-0.05, 0) is 25.3 Å². The van der Waals surface area contributed by atoms with E-state index in [0.29, 0.717) is 6.61 Å². The van der Waals surface area contributed by atoms with Gasteiger partial charge in [-0.2, -0.15) is 0 Å². The van der Waals surface area contributed by atoms with Crippen molar-refractivity contribution in [1.29, 1.82) is 0 Å². The molecule has 1 N–H and O–H groups in total. The van der Waals surface area contributed by atoms with Crippen LogP contribution in [0.5, 0.6) is 0 Å². The van der Waals surface area contributed by atoms with Crippen molar-refractivity contribution in [3.63, 3.8) is 0 Å². The van der Waals surface area contributed by atoms with Crippen molar-refractivity contribution >= 4 is 5.91 Å². The van der Waals surface area contributed by atoms with E-state index in [2.05, 4.69) is 10.3 Å². The lowest BCUT2D eigenvalue weighted by Gasteiger charge is -2.21. The lowest BCUT2D eigenvalue weighted by Crippen LogP contribution is -2.38. The zero-order chi connectivity index (χ0) is 15.5. The largest absolute Gasteiger partial charge is 0.368 e. The van der Waals surface area contributed by atoms with E-state index in [0.717, 1.165) is 24.2 Å². The number of aromatic nitrogens is 2. The normalized spacial score (nSPS) is 19.1. The first-order valence-corrected chi connectivity index (χ1v) is 7.61. The summed E-state index contributed by atoms with van der Waals surface area (Å²) in [6.07, 6.45) is 5.01. The number of imidazole rings is 1. The van der Waals surface area contributed by atoms with Gasteiger partial charge in [0.15, 0.2) is 0 Å². The Labute approximate surface area is 130 Å². The number of benzene rings is 1. The summed E-state index contributed by atoms with van der Waals surface area (Å²) < 4.78 is 7.41. The fraction of sp³-hybridized carbons (Fsp3) is 0.412. The third-order valence-electron chi connectivity index (χ3n) is 4.04. The van der Waals surface area contributed by atoms with Crippen molar-refractivity contribution in [1.82, 2.24) is 14.9 Å². The van der Waals surface area contributed by atoms with E-state index >= 15 is 0 Å². The summed E-state index contributed by atoms with van der Waals surface area (Å²) in [5, 5.41) is 3.09. The summed E-state index contributed by atoms with van der Waals surface area (Å²) in [7, 11) is 1.93. The van der Waals surface area contributed by atoms with Crippen LogP contribution in [0.4, 0.5) is 0 Å². The Morgan fingerprint density at radius 3 is 2.77 bits per heavy atom. The highest BCUT2D eigenvalue weighted by Crippen LogP contribution is 2.22. The van der Waals surface area contributed by atoms with Crippen LogP contribution in [-0.2, 0) is 16.6 Å². The van der Waals surface area contributed by atoms with Crippen LogP contribution in [-0.4, -0.2) is 28.2 Å². The van der Waals surface area contributed by atoms with E-state index in [4.69, 9.17) is 4.74 Å². The highest BCUT2D eigenvalue weighted by Gasteiger charge is 2.28. The minimum Gasteiger partial charge on any atom is -0.368 e. The van der Waals surface area contributed by atoms with Gasteiger partial charge in [-0.1, -0.05) is 29.8 Å². The van der Waals surface area contributed by atoms with Crippen LogP contribution in [0.25, 0.3) is 0 Å². The Morgan fingerprint density at radius 2 is 2.18 bits per heavy atom. The van der Waals surface area contributed by atoms with Gasteiger partial charge >= 0.3 is 0 Å². The second-order valence-electron chi connectivity index (χ2n) is 5.75. The average Bonchev–Trinajstić information content (AvgIpc) is 3.17. The molecule has 116 valence electrons. The molecule has 2 unspecified atom stereocenters. The standard InChI is InChI=1S/C17H21N3O2/c1-12-5-7-13(8-6-12)15(16-18-9-10-20(16)2)19-17(21)14-4-3-11-22-14/h5-10,14-15H,3-4,11H2,1-2H3,(H,19,21). The number of nitrogens with zero attached hydrogens (tertiary/aromatic N) is 2. The van der Waals surface area contributed by atoms with Crippen LogP contribution in [0.2, 0.25) is 0 Å². The molecule has 2 heterocycles. The van der Waals surface area contributed by atoms with Gasteiger partial charge in [0.1, 0.15) is 18.0 Å². The van der Waals surface area contributed by atoms with Crippen LogP contribution in [0.1, 0.15) is 35.8 Å². The molecule has 0 aliphatic carbocycles. The molecule has 1 aromatic carbocycles. The number of ether oxygens (including phenoxy) is 1. The van der Waals surface area contributed by atoms with Crippen LogP contribution in [0.15, 0.2) is 36.7 Å². The molecule has 1 amide bonds. The summed E-state index contributed by atoms with van der Waals surface area (Å²) in [6.45, 7) is 2.71. The Morgan fingerprint density at radius 1 is 1.41 bits per heavy atom. The van der Waals surface area contributed by atoms with E-state index in [9.17, 15) is 4.79 Å². The monoisotopic (exact) mass is 299 g/mol. The number of hydrogen-bond donors (Lipinski definition) is 1. The molecule has 22 heavy (non-hydrogen) atoms. The number of rotatable bonds is 4. The quantitative estimate of drug-likeness (QED) is 0.941. The highest BCUT2D eigenvalue weighted by atomic mass is 16.5. The summed E-state index contributed by atoms with van der Waals surface area (Å²) in [4.78, 5) is 16.8. The van der Waals surface area contributed by atoms with E-state index in [-0.39, 0.29) is 18.1 Å². The van der Waals surface area contributed by atoms with Crippen LogP contribution < -0.4 is 5.32 Å². The van der Waals surface area contributed by atoms with E-state index < -0.39 is 0 Å². The molecule has 3 rings (SSSR count). The summed E-state index contributed by atoms with van der Waals surface area (Å²) in [6, 6.07) is 7.89. The first-order chi connectivity index (χ1) is 10.6. The predicted octanol–water partition coefficient (Wildman–Crippen LogP) is 2.11. The molecular weight excluding hydrogens is 278 g/mol. The number of amides is 1. The van der Waals surface area contributed by atoms with Crippen molar-refractivity contribution in [2.75, 3.05) is 6.61 Å². The molecule has 1 aromatic heterocycles. The fourth-order valence-corrected chi connectivity index (χ4v) is 2.73. The molecule has 1 aliphatic heterocycles. The molecule has 1 aliphatic rings. The highest BCUT2D eigenvalue weighted by molar-refractivity contribution is 5.81. The Balaban J connectivity index is 1.87. The van der Waals surface area contributed by atoms with Crippen molar-refractivity contribution in [3.8, 4) is 0 Å². The Hall–Kier alpha value is -2.14. The first-order valence-electron chi connectivity index (χ1n) is 7.61. The third-order valence-corrected chi connectivity index (χ3v) is 4.04. The van der Waals surface area contributed by atoms with Gasteiger partial charge < -0.3 is 14.6 Å². The summed E-state index contributed by atoms with van der Waals surface area (Å²) >= 11 is 0. The maximum Gasteiger partial charge on any atom is 0.249 e. The van der Waals surface area contributed by atoms with E-state index in [1.165, 1.54) is 5.56 Å². The van der Waals surface area contributed by atoms with Gasteiger partial charge in [0.2, 0.25) is 5.91 Å². The molecule has 2 atom stereocenters. The number of nitrogens with one attached hydrogen (secondary N) is 1. The van der Waals surface area contributed by atoms with Crippen LogP contribution in [0.3, 0.4) is 0 Å². The SMILES string of the molecule is Cc1ccc(C(NC(=O)C2CCCO2)c2nccn2C)cc1. The molecule has 1 fully saturated rings. The lowest BCUT2D eigenvalue weighted by atomic mass is 10.0. The fourth-order valence-electron chi connectivity index (χ4n) is 2.73. The van der Waals surface area contributed by atoms with Crippen LogP contribution >= 0.6 is 0 Å². The van der Waals surface area contributed by atoms with Crippen molar-refractivity contribution in [2.24, 2.45) is 7.05 Å². The van der Waals surface area contributed by atoms with Crippen molar-refractivity contribution < 1.29 is 9.53 Å². The molecule has 1 saturated heterocycles. The molecule has 0 radical (unpaired) electrons. The summed E-state index contributed by atoms with van der Waals surface area (Å²) in [5.41, 5.74) is 2.21. The van der Waals surface area contributed by atoms with Gasteiger partial charge in [-0.3, -0.25) is 4.79 Å². The second kappa shape index (κ2) is 6.32. The molecule has 5 nitrogen and oxygen atoms in total. The van der Waals surface area contributed by atoms with Gasteiger partial charge in [0.25, 0.3) is 0 Å². The zero-order valence-electron chi connectivity index (χ0n) is 13.0. The third kappa shape index (κ3) is 3.04. The second-order valence-corrected chi connectivity index (χ2v) is 5.75. The maximum atomic E-state index is 12.4. The molecule has 5 heteroatoms. The first kappa shape index (κ1) is 14.8. The minimum atomic E-state index is -0.340. The zero-order valence-corrected chi connectivity index (χ0v) is 13.0. The number of carbonyl (C=O) groups is 1. The van der Waals surface area contributed by atoms with Gasteiger partial charge in [0.05, 0.1) is 0 Å². The average molecular weight is 299 g/mol. The van der Waals surface area contributed by atoms with Crippen molar-refractivity contribution in [3.05, 3.63) is 53.6 Å². The van der Waals surface area contributed by atoms with E-state index in [1.54, 1.807) is 6.20 Å². The Kier molecular flexibility index (Phi) is 4.24. The maximum absolute atomic E-state index is 12.4. The van der Waals surface area contributed by atoms with Gasteiger partial charge in [-0.15, -0.1) is 0 Å². The van der Waals surface area contributed by atoms with Crippen LogP contribution in [0, 0.1) is 6.92 Å². The smallest absolute Gasteiger partial charge is 0.249 e. The molecule has 0 saturated carbocycles. The molecule has 2 aromatic rings. The van der Waals surface area contributed by atoms with Gasteiger partial charge in [0, 0.05) is 26.0 Å². The number of carbonyl (C=O) groups excluding carboxylic acids is 1. The summed E-state index contributed by atoms with van der Waals surface area (Å²) in [5.74, 6) is 0.751. The predicted molar refractivity (Wildman–Crippen MR) is 83.3 cm³/mol.